The highest BCUT2D eigenvalue weighted by atomic mass is 15.3. The third kappa shape index (κ3) is 3.47. The largest absolute Gasteiger partial charge is 0.383 e. The van der Waals surface area contributed by atoms with Crippen molar-refractivity contribution in [3.63, 3.8) is 0 Å². The average Bonchev–Trinajstić information content (AvgIpc) is 2.87. The standard InChI is InChI=1S/C15H25N3/c1-13(11-16-14-7-5-4-6-8-14)18-10-9-15(12-18)17(2)3/h4-8,13,15-16H,9-12H2,1-3H3. The van der Waals surface area contributed by atoms with Crippen LogP contribution in [-0.4, -0.2) is 55.6 Å². The van der Waals surface area contributed by atoms with E-state index in [0.29, 0.717) is 6.04 Å². The van der Waals surface area contributed by atoms with Crippen molar-refractivity contribution >= 4 is 5.69 Å². The number of hydrogen-bond donors (Lipinski definition) is 1. The molecule has 0 bridgehead atoms. The Bertz CT molecular complexity index is 350. The van der Waals surface area contributed by atoms with Crippen LogP contribution in [0.3, 0.4) is 0 Å². The molecule has 2 unspecified atom stereocenters. The van der Waals surface area contributed by atoms with Gasteiger partial charge in [-0.3, -0.25) is 4.90 Å². The lowest BCUT2D eigenvalue weighted by molar-refractivity contribution is 0.233. The summed E-state index contributed by atoms with van der Waals surface area (Å²) in [6.07, 6.45) is 1.29. The van der Waals surface area contributed by atoms with Crippen molar-refractivity contribution in [1.82, 2.24) is 9.80 Å². The van der Waals surface area contributed by atoms with Gasteiger partial charge in [0.1, 0.15) is 0 Å². The average molecular weight is 247 g/mol. The maximum Gasteiger partial charge on any atom is 0.0340 e. The molecule has 0 aromatic heterocycles. The van der Waals surface area contributed by atoms with Gasteiger partial charge >= 0.3 is 0 Å². The molecule has 1 aromatic carbocycles. The fourth-order valence-electron chi connectivity index (χ4n) is 2.54. The van der Waals surface area contributed by atoms with E-state index in [9.17, 15) is 0 Å². The molecule has 1 saturated heterocycles. The number of benzene rings is 1. The lowest BCUT2D eigenvalue weighted by Gasteiger charge is -2.26. The van der Waals surface area contributed by atoms with Crippen molar-refractivity contribution < 1.29 is 0 Å². The van der Waals surface area contributed by atoms with Crippen LogP contribution >= 0.6 is 0 Å². The van der Waals surface area contributed by atoms with Gasteiger partial charge < -0.3 is 10.2 Å². The van der Waals surface area contributed by atoms with Gasteiger partial charge in [0.15, 0.2) is 0 Å². The monoisotopic (exact) mass is 247 g/mol. The lowest BCUT2D eigenvalue weighted by atomic mass is 10.2. The summed E-state index contributed by atoms with van der Waals surface area (Å²) in [4.78, 5) is 4.93. The first kappa shape index (κ1) is 13.4. The Morgan fingerprint density at radius 2 is 2.06 bits per heavy atom. The minimum atomic E-state index is 0.593. The molecular weight excluding hydrogens is 222 g/mol. The number of likely N-dealkylation sites (tertiary alicyclic amines) is 1. The topological polar surface area (TPSA) is 18.5 Å². The predicted octanol–water partition coefficient (Wildman–Crippen LogP) is 2.12. The van der Waals surface area contributed by atoms with Crippen LogP contribution < -0.4 is 5.32 Å². The highest BCUT2D eigenvalue weighted by Gasteiger charge is 2.26. The summed E-state index contributed by atoms with van der Waals surface area (Å²) < 4.78 is 0. The first-order valence-electron chi connectivity index (χ1n) is 6.86. The van der Waals surface area contributed by atoms with Crippen molar-refractivity contribution in [3.8, 4) is 0 Å². The molecule has 0 saturated carbocycles. The van der Waals surface area contributed by atoms with Crippen LogP contribution in [0.15, 0.2) is 30.3 Å². The highest BCUT2D eigenvalue weighted by Crippen LogP contribution is 2.16. The molecule has 100 valence electrons. The number of hydrogen-bond acceptors (Lipinski definition) is 3. The van der Waals surface area contributed by atoms with Crippen LogP contribution in [0.2, 0.25) is 0 Å². The van der Waals surface area contributed by atoms with E-state index in [0.717, 1.165) is 12.6 Å². The summed E-state index contributed by atoms with van der Waals surface area (Å²) in [5, 5.41) is 3.51. The number of nitrogens with zero attached hydrogens (tertiary/aromatic N) is 2. The zero-order chi connectivity index (χ0) is 13.0. The normalized spacial score (nSPS) is 22.3. The first-order chi connectivity index (χ1) is 8.66. The van der Waals surface area contributed by atoms with Crippen LogP contribution in [0.25, 0.3) is 0 Å². The quantitative estimate of drug-likeness (QED) is 0.860. The van der Waals surface area contributed by atoms with Gasteiger partial charge in [-0.1, -0.05) is 18.2 Å². The van der Waals surface area contributed by atoms with Crippen molar-refractivity contribution in [2.75, 3.05) is 39.0 Å². The maximum atomic E-state index is 3.51. The molecule has 1 aliphatic heterocycles. The second-order valence-corrected chi connectivity index (χ2v) is 5.50. The number of likely N-dealkylation sites (N-methyl/N-ethyl adjacent to an activating group) is 1. The van der Waals surface area contributed by atoms with Crippen molar-refractivity contribution in [2.45, 2.75) is 25.4 Å². The second-order valence-electron chi connectivity index (χ2n) is 5.50. The Morgan fingerprint density at radius 3 is 2.67 bits per heavy atom. The molecule has 18 heavy (non-hydrogen) atoms. The van der Waals surface area contributed by atoms with Crippen LogP contribution in [0, 0.1) is 0 Å². The molecule has 1 fully saturated rings. The van der Waals surface area contributed by atoms with E-state index in [4.69, 9.17) is 0 Å². The minimum Gasteiger partial charge on any atom is -0.383 e. The molecular formula is C15H25N3. The molecule has 1 heterocycles. The van der Waals surface area contributed by atoms with E-state index in [1.165, 1.54) is 25.2 Å². The Morgan fingerprint density at radius 1 is 1.33 bits per heavy atom. The number of anilines is 1. The zero-order valence-corrected chi connectivity index (χ0v) is 11.8. The van der Waals surface area contributed by atoms with Crippen LogP contribution in [0.1, 0.15) is 13.3 Å². The molecule has 1 N–H and O–H groups in total. The smallest absolute Gasteiger partial charge is 0.0340 e. The van der Waals surface area contributed by atoms with Gasteiger partial charge in [0, 0.05) is 37.4 Å². The molecule has 3 nitrogen and oxygen atoms in total. The molecule has 1 aliphatic rings. The van der Waals surface area contributed by atoms with Gasteiger partial charge in [0.25, 0.3) is 0 Å². The molecule has 0 spiro atoms. The van der Waals surface area contributed by atoms with Crippen LogP contribution in [0.5, 0.6) is 0 Å². The van der Waals surface area contributed by atoms with Gasteiger partial charge in [-0.2, -0.15) is 0 Å². The maximum absolute atomic E-state index is 3.51. The Hall–Kier alpha value is -1.06. The van der Waals surface area contributed by atoms with E-state index in [-0.39, 0.29) is 0 Å². The molecule has 0 radical (unpaired) electrons. The molecule has 0 amide bonds. The first-order valence-corrected chi connectivity index (χ1v) is 6.86. The summed E-state index contributed by atoms with van der Waals surface area (Å²) in [5.74, 6) is 0. The van der Waals surface area contributed by atoms with Crippen molar-refractivity contribution in [3.05, 3.63) is 30.3 Å². The SMILES string of the molecule is CC(CNc1ccccc1)N1CCC(N(C)C)C1. The van der Waals surface area contributed by atoms with E-state index in [1.54, 1.807) is 0 Å². The van der Waals surface area contributed by atoms with Crippen LogP contribution in [-0.2, 0) is 0 Å². The van der Waals surface area contributed by atoms with Gasteiger partial charge in [-0.15, -0.1) is 0 Å². The van der Waals surface area contributed by atoms with E-state index in [1.807, 2.05) is 0 Å². The van der Waals surface area contributed by atoms with E-state index in [2.05, 4.69) is 66.5 Å². The Labute approximate surface area is 111 Å². The Kier molecular flexibility index (Phi) is 4.61. The van der Waals surface area contributed by atoms with Gasteiger partial charge in [-0.05, 0) is 39.6 Å². The fourth-order valence-corrected chi connectivity index (χ4v) is 2.54. The molecule has 3 heteroatoms. The molecule has 2 atom stereocenters. The van der Waals surface area contributed by atoms with E-state index < -0.39 is 0 Å². The predicted molar refractivity (Wildman–Crippen MR) is 78.1 cm³/mol. The highest BCUT2D eigenvalue weighted by molar-refractivity contribution is 5.42. The summed E-state index contributed by atoms with van der Waals surface area (Å²) in [6, 6.07) is 11.8. The third-order valence-corrected chi connectivity index (χ3v) is 3.92. The number of nitrogens with one attached hydrogen (secondary N) is 1. The van der Waals surface area contributed by atoms with E-state index >= 15 is 0 Å². The fraction of sp³-hybridized carbons (Fsp3) is 0.600. The van der Waals surface area contributed by atoms with Gasteiger partial charge in [0.05, 0.1) is 0 Å². The zero-order valence-electron chi connectivity index (χ0n) is 11.8. The summed E-state index contributed by atoms with van der Waals surface area (Å²) in [6.45, 7) is 5.75. The molecule has 2 rings (SSSR count). The molecule has 0 aliphatic carbocycles. The Balaban J connectivity index is 1.77. The van der Waals surface area contributed by atoms with Crippen molar-refractivity contribution in [2.24, 2.45) is 0 Å². The lowest BCUT2D eigenvalue weighted by Crippen LogP contribution is -2.39. The summed E-state index contributed by atoms with van der Waals surface area (Å²) in [5.41, 5.74) is 1.22. The second kappa shape index (κ2) is 6.21. The summed E-state index contributed by atoms with van der Waals surface area (Å²) >= 11 is 0. The minimum absolute atomic E-state index is 0.593. The van der Waals surface area contributed by atoms with Crippen LogP contribution in [0.4, 0.5) is 5.69 Å². The molecule has 1 aromatic rings. The van der Waals surface area contributed by atoms with Crippen molar-refractivity contribution in [1.29, 1.82) is 0 Å². The third-order valence-electron chi connectivity index (χ3n) is 3.92. The number of para-hydroxylation sites is 1. The van der Waals surface area contributed by atoms with Gasteiger partial charge in [0.2, 0.25) is 0 Å². The summed E-state index contributed by atoms with van der Waals surface area (Å²) in [7, 11) is 4.36. The number of rotatable bonds is 5. The van der Waals surface area contributed by atoms with Gasteiger partial charge in [-0.25, -0.2) is 0 Å².